The molecular weight excluding hydrogens is 1900 g/mol. The van der Waals surface area contributed by atoms with Gasteiger partial charge < -0.3 is 0 Å². The molecule has 0 unspecified atom stereocenters. The van der Waals surface area contributed by atoms with Crippen LogP contribution >= 0.6 is 0 Å². The van der Waals surface area contributed by atoms with Crippen LogP contribution in [0.5, 0.6) is 0 Å². The van der Waals surface area contributed by atoms with Gasteiger partial charge >= 0.3 is 0 Å². The average Bonchev–Trinajstić information content (AvgIpc) is 4.35. The Kier molecular flexibility index (Phi) is 32.9. The molecule has 0 saturated heterocycles. The Balaban J connectivity index is 0.000000260. The Morgan fingerprint density at radius 2 is 0.975 bits per heavy atom. The van der Waals surface area contributed by atoms with Crippen LogP contribution in [0.3, 0.4) is 0 Å². The number of aromatic nitrogens is 10. The van der Waals surface area contributed by atoms with E-state index in [9.17, 15) is 0 Å². The first-order chi connectivity index (χ1) is 36.8. The quantitative estimate of drug-likeness (QED) is 0.127. The Hall–Kier alpha value is -4.41. The van der Waals surface area contributed by atoms with Gasteiger partial charge in [0, 0.05) is 161 Å². The zero-order chi connectivity index (χ0) is 52.0. The summed E-state index contributed by atoms with van der Waals surface area (Å²) in [7, 11) is 0. The largest absolute Gasteiger partial charge is 0.266 e. The number of nitrogens with zero attached hydrogens (tertiary/aromatic N) is 10. The van der Waals surface area contributed by atoms with E-state index in [1.807, 2.05) is 146 Å². The first-order valence-electron chi connectivity index (χ1n) is 26.9. The summed E-state index contributed by atoms with van der Waals surface area (Å²) in [4.78, 5) is 0. The summed E-state index contributed by atoms with van der Waals surface area (Å²) in [5, 5.41) is 21.3. The molecule has 5 heterocycles. The zero-order valence-corrected chi connectivity index (χ0v) is 57.3. The van der Waals surface area contributed by atoms with Gasteiger partial charge in [-0.1, -0.05) is 104 Å². The molecular formula is C65H71N10Pt5-5. The van der Waals surface area contributed by atoms with Crippen molar-refractivity contribution in [1.82, 2.24) is 48.9 Å². The van der Waals surface area contributed by atoms with Crippen LogP contribution in [-0.2, 0) is 112 Å². The minimum absolute atomic E-state index is 0. The van der Waals surface area contributed by atoms with Gasteiger partial charge in [-0.05, 0) is 82.9 Å². The van der Waals surface area contributed by atoms with Gasteiger partial charge in [-0.25, -0.2) is 0 Å². The Labute approximate surface area is 547 Å². The molecule has 10 aromatic rings. The van der Waals surface area contributed by atoms with Crippen molar-refractivity contribution in [3.63, 3.8) is 0 Å². The molecule has 5 aromatic heterocycles. The van der Waals surface area contributed by atoms with E-state index >= 15 is 0 Å². The molecule has 80 heavy (non-hydrogen) atoms. The molecule has 0 radical (unpaired) electrons. The number of hydrogen-bond acceptors (Lipinski definition) is 5. The fourth-order valence-corrected chi connectivity index (χ4v) is 9.50. The van der Waals surface area contributed by atoms with E-state index in [-0.39, 0.29) is 105 Å². The van der Waals surface area contributed by atoms with E-state index in [1.54, 1.807) is 18.6 Å². The van der Waals surface area contributed by atoms with Crippen molar-refractivity contribution < 1.29 is 105 Å². The molecule has 0 atom stereocenters. The van der Waals surface area contributed by atoms with Crippen molar-refractivity contribution in [2.75, 3.05) is 0 Å². The molecule has 2 fully saturated rings. The summed E-state index contributed by atoms with van der Waals surface area (Å²) < 4.78 is 9.35. The fraction of sp³-hybridized carbons (Fsp3) is 0.308. The minimum Gasteiger partial charge on any atom is -0.266 e. The number of benzene rings is 5. The van der Waals surface area contributed by atoms with E-state index in [0.717, 1.165) is 40.8 Å². The van der Waals surface area contributed by atoms with Crippen LogP contribution in [0.4, 0.5) is 0 Å². The van der Waals surface area contributed by atoms with Gasteiger partial charge in [0.05, 0.1) is 6.20 Å². The topological polar surface area (TPSA) is 89.1 Å². The molecule has 2 saturated carbocycles. The second kappa shape index (κ2) is 37.6. The standard InChI is InChI=1S/2C15H17N2.2C12H13N2.C11H11N2.5Pt/c1-3-7-13(8-4-1)14-11-16-17(12-14)15-9-5-2-6-10-15;1-2-7-13(8-3-1)14-9-4-5-10-15(14)17-12-6-11-16-17;1-10(2)11-4-6-12(7-5-11)14-9-3-8-13-14;1-10(2)11-5-3-6-12(9-11)14-8-4-7-13-14;1-2-10-6-3-4-7-11(10)13-9-5-8-12-13;;;;;/h2,5-6,9,11-13H,1,3-4,7-8H2;4-6,9,11-13H,1-3,7-8H2;3-6,8-10H,1-2H3;3-5,7-10H,1-2H3;3-6,8-9H,2H2,1H3;;;;;/q5*-1;;;;;. The molecule has 0 spiro atoms. The van der Waals surface area contributed by atoms with Gasteiger partial charge in [-0.15, -0.1) is 29.3 Å². The minimum atomic E-state index is 0. The van der Waals surface area contributed by atoms with Gasteiger partial charge in [0.15, 0.2) is 0 Å². The third-order valence-corrected chi connectivity index (χ3v) is 13.8. The van der Waals surface area contributed by atoms with Gasteiger partial charge in [-0.2, -0.15) is 146 Å². The van der Waals surface area contributed by atoms with Crippen LogP contribution in [0.15, 0.2) is 183 Å². The van der Waals surface area contributed by atoms with Crippen LogP contribution in [0.25, 0.3) is 28.4 Å². The smallest absolute Gasteiger partial charge is 0.0528 e. The maximum atomic E-state index is 4.45. The van der Waals surface area contributed by atoms with E-state index in [1.165, 1.54) is 92.0 Å². The second-order valence-corrected chi connectivity index (χ2v) is 19.6. The molecule has 436 valence electrons. The molecule has 0 N–H and O–H groups in total. The number of rotatable bonds is 10. The summed E-state index contributed by atoms with van der Waals surface area (Å²) in [5.74, 6) is 2.51. The number of aryl methyl sites for hydroxylation is 1. The maximum absolute atomic E-state index is 4.45. The van der Waals surface area contributed by atoms with Crippen LogP contribution in [0.2, 0.25) is 0 Å². The second-order valence-electron chi connectivity index (χ2n) is 19.6. The Bertz CT molecular complexity index is 3110. The summed E-state index contributed by atoms with van der Waals surface area (Å²) >= 11 is 0. The Morgan fingerprint density at radius 3 is 1.51 bits per heavy atom. The number of hydrogen-bond donors (Lipinski definition) is 0. The molecule has 5 aromatic carbocycles. The van der Waals surface area contributed by atoms with Crippen molar-refractivity contribution in [1.29, 1.82) is 0 Å². The van der Waals surface area contributed by atoms with Crippen LogP contribution in [-0.4, -0.2) is 48.9 Å². The molecule has 12 rings (SSSR count). The van der Waals surface area contributed by atoms with E-state index in [2.05, 4.69) is 133 Å². The molecule has 2 aliphatic rings. The van der Waals surface area contributed by atoms with E-state index in [4.69, 9.17) is 0 Å². The number of para-hydroxylation sites is 3. The monoisotopic (exact) mass is 1970 g/mol. The molecule has 0 amide bonds. The molecule has 0 bridgehead atoms. The van der Waals surface area contributed by atoms with Gasteiger partial charge in [0.25, 0.3) is 0 Å². The molecule has 2 aliphatic carbocycles. The van der Waals surface area contributed by atoms with Gasteiger partial charge in [-0.3, -0.25) is 23.4 Å². The van der Waals surface area contributed by atoms with E-state index < -0.39 is 0 Å². The summed E-state index contributed by atoms with van der Waals surface area (Å²) in [6.07, 6.45) is 33.6. The summed E-state index contributed by atoms with van der Waals surface area (Å²) in [5.41, 5.74) is 11.9. The first kappa shape index (κ1) is 69.9. The average molecular weight is 1970 g/mol. The van der Waals surface area contributed by atoms with Crippen LogP contribution in [0.1, 0.15) is 150 Å². The summed E-state index contributed by atoms with van der Waals surface area (Å²) in [6, 6.07) is 56.5. The SMILES string of the molecule is CC(C)c1c[c-]c(-n2cccn2)cc1.CC(C)c1cc[c-]c(-n2cccn2)c1.CCc1ccc[c-]c1-n1cccn1.[Pt].[Pt].[Pt].[Pt].[Pt].[c-]1cccc(C2CCCCC2)c1-n1cccn1.[c-]1ccccc1-n1cc(C2CCCCC2)cn1. The van der Waals surface area contributed by atoms with Gasteiger partial charge in [0.1, 0.15) is 0 Å². The van der Waals surface area contributed by atoms with Gasteiger partial charge in [0.2, 0.25) is 0 Å². The van der Waals surface area contributed by atoms with Crippen molar-refractivity contribution in [2.24, 2.45) is 0 Å². The zero-order valence-electron chi connectivity index (χ0n) is 46.0. The maximum Gasteiger partial charge on any atom is 0.0528 e. The van der Waals surface area contributed by atoms with Crippen molar-refractivity contribution >= 4 is 0 Å². The third kappa shape index (κ3) is 20.8. The van der Waals surface area contributed by atoms with Crippen LogP contribution < -0.4 is 0 Å². The van der Waals surface area contributed by atoms with Crippen molar-refractivity contribution in [3.05, 3.63) is 241 Å². The predicted molar refractivity (Wildman–Crippen MR) is 301 cm³/mol. The predicted octanol–water partition coefficient (Wildman–Crippen LogP) is 15.3. The third-order valence-electron chi connectivity index (χ3n) is 13.8. The normalized spacial score (nSPS) is 12.7. The molecule has 15 heteroatoms. The fourth-order valence-electron chi connectivity index (χ4n) is 9.50. The molecule has 0 aliphatic heterocycles. The van der Waals surface area contributed by atoms with E-state index in [0.29, 0.717) is 17.8 Å². The van der Waals surface area contributed by atoms with Crippen molar-refractivity contribution in [3.8, 4) is 28.4 Å². The van der Waals surface area contributed by atoms with Crippen molar-refractivity contribution in [2.45, 2.75) is 129 Å². The van der Waals surface area contributed by atoms with Crippen LogP contribution in [0, 0.1) is 30.3 Å². The Morgan fingerprint density at radius 1 is 0.450 bits per heavy atom. The first-order valence-corrected chi connectivity index (χ1v) is 26.9. The summed E-state index contributed by atoms with van der Waals surface area (Å²) in [6.45, 7) is 10.9. The molecule has 10 nitrogen and oxygen atoms in total.